The summed E-state index contributed by atoms with van der Waals surface area (Å²) in [6, 6.07) is 0. The molecule has 0 radical (unpaired) electrons. The van der Waals surface area contributed by atoms with Gasteiger partial charge in [0.25, 0.3) is 0 Å². The maximum Gasteiger partial charge on any atom is 0.0594 e. The number of piperidine rings is 1. The summed E-state index contributed by atoms with van der Waals surface area (Å²) in [5, 5.41) is 0. The number of rotatable bonds is 4. The van der Waals surface area contributed by atoms with E-state index in [0.717, 1.165) is 38.8 Å². The van der Waals surface area contributed by atoms with Crippen molar-refractivity contribution in [3.63, 3.8) is 0 Å². The van der Waals surface area contributed by atoms with Gasteiger partial charge in [-0.05, 0) is 71.1 Å². The van der Waals surface area contributed by atoms with Crippen LogP contribution in [-0.4, -0.2) is 89.7 Å². The minimum Gasteiger partial charge on any atom is -0.384 e. The number of hydrogen-bond donors (Lipinski definition) is 0. The van der Waals surface area contributed by atoms with Crippen LogP contribution in [0.5, 0.6) is 0 Å². The summed E-state index contributed by atoms with van der Waals surface area (Å²) < 4.78 is 15.2. The highest BCUT2D eigenvalue weighted by molar-refractivity contribution is 4.71. The van der Waals surface area contributed by atoms with Crippen molar-refractivity contribution < 1.29 is 14.2 Å². The van der Waals surface area contributed by atoms with Crippen molar-refractivity contribution in [2.75, 3.05) is 73.8 Å². The summed E-state index contributed by atoms with van der Waals surface area (Å²) >= 11 is 0. The predicted molar refractivity (Wildman–Crippen MR) is 123 cm³/mol. The number of nitrogens with zero attached hydrogens (tertiary/aromatic N) is 2. The Bertz CT molecular complexity index is 317. The Morgan fingerprint density at radius 3 is 1.69 bits per heavy atom. The van der Waals surface area contributed by atoms with Gasteiger partial charge in [-0.2, -0.15) is 0 Å². The molecule has 4 rings (SSSR count). The van der Waals surface area contributed by atoms with Crippen molar-refractivity contribution in [1.29, 1.82) is 0 Å². The van der Waals surface area contributed by atoms with Crippen molar-refractivity contribution in [1.82, 2.24) is 9.80 Å². The quantitative estimate of drug-likeness (QED) is 0.679. The van der Waals surface area contributed by atoms with Crippen molar-refractivity contribution >= 4 is 0 Å². The van der Waals surface area contributed by atoms with Crippen molar-refractivity contribution in [2.24, 2.45) is 5.92 Å². The monoisotopic (exact) mass is 414 g/mol. The molecule has 29 heavy (non-hydrogen) atoms. The second-order valence-corrected chi connectivity index (χ2v) is 8.81. The fourth-order valence-electron chi connectivity index (χ4n) is 3.79. The molecule has 0 aromatic heterocycles. The number of ether oxygens (including phenoxy) is 3. The number of morpholine rings is 1. The zero-order valence-corrected chi connectivity index (χ0v) is 20.0. The van der Waals surface area contributed by atoms with Crippen LogP contribution < -0.4 is 0 Å². The number of methoxy groups -OCH3 is 2. The van der Waals surface area contributed by atoms with E-state index in [0.29, 0.717) is 6.10 Å². The molecule has 174 valence electrons. The highest BCUT2D eigenvalue weighted by Gasteiger charge is 2.20. The molecular formula is C24H50N2O3. The first-order valence-corrected chi connectivity index (χ1v) is 12.2. The number of likely N-dealkylation sites (tertiary alicyclic amines) is 1. The van der Waals surface area contributed by atoms with Gasteiger partial charge in [0.15, 0.2) is 0 Å². The van der Waals surface area contributed by atoms with Crippen LogP contribution in [0, 0.1) is 5.92 Å². The van der Waals surface area contributed by atoms with Crippen LogP contribution in [0.1, 0.15) is 71.1 Å². The molecule has 0 bridgehead atoms. The summed E-state index contributed by atoms with van der Waals surface area (Å²) in [5.41, 5.74) is 0. The summed E-state index contributed by atoms with van der Waals surface area (Å²) in [7, 11) is 5.77. The molecule has 5 nitrogen and oxygen atoms in total. The first-order valence-electron chi connectivity index (χ1n) is 12.2. The SMILES string of the molecule is CCN1CCOCC1.CN1CCCCC1.COC1CCCCC1.COCC1CC1. The maximum absolute atomic E-state index is 5.19. The second kappa shape index (κ2) is 18.6. The van der Waals surface area contributed by atoms with Gasteiger partial charge < -0.3 is 19.1 Å². The molecule has 4 fully saturated rings. The highest BCUT2D eigenvalue weighted by Crippen LogP contribution is 2.28. The highest BCUT2D eigenvalue weighted by atomic mass is 16.5. The zero-order valence-electron chi connectivity index (χ0n) is 20.0. The van der Waals surface area contributed by atoms with Crippen LogP contribution in [0.15, 0.2) is 0 Å². The fraction of sp³-hybridized carbons (Fsp3) is 1.00. The topological polar surface area (TPSA) is 34.2 Å². The number of likely N-dealkylation sites (N-methyl/N-ethyl adjacent to an activating group) is 1. The van der Waals surface area contributed by atoms with Gasteiger partial charge >= 0.3 is 0 Å². The largest absolute Gasteiger partial charge is 0.384 e. The Morgan fingerprint density at radius 2 is 1.38 bits per heavy atom. The molecule has 0 spiro atoms. The van der Waals surface area contributed by atoms with Gasteiger partial charge in [-0.15, -0.1) is 0 Å². The molecule has 2 saturated carbocycles. The third-order valence-corrected chi connectivity index (χ3v) is 6.12. The molecule has 0 aromatic carbocycles. The van der Waals surface area contributed by atoms with Crippen molar-refractivity contribution in [2.45, 2.75) is 77.2 Å². The van der Waals surface area contributed by atoms with E-state index in [1.807, 2.05) is 7.11 Å². The average molecular weight is 415 g/mol. The lowest BCUT2D eigenvalue weighted by Gasteiger charge is -2.24. The molecule has 0 aromatic rings. The molecule has 4 aliphatic rings. The van der Waals surface area contributed by atoms with Gasteiger partial charge in [-0.3, -0.25) is 4.90 Å². The van der Waals surface area contributed by atoms with Gasteiger partial charge in [0, 0.05) is 33.9 Å². The molecule has 0 N–H and O–H groups in total. The maximum atomic E-state index is 5.19. The van der Waals surface area contributed by atoms with Gasteiger partial charge in [0.1, 0.15) is 0 Å². The van der Waals surface area contributed by atoms with Crippen LogP contribution in [0.2, 0.25) is 0 Å². The fourth-order valence-corrected chi connectivity index (χ4v) is 3.79. The molecule has 0 amide bonds. The molecule has 0 atom stereocenters. The first-order chi connectivity index (χ1) is 14.2. The predicted octanol–water partition coefficient (Wildman–Crippen LogP) is 4.45. The van der Waals surface area contributed by atoms with Crippen LogP contribution in [-0.2, 0) is 14.2 Å². The van der Waals surface area contributed by atoms with E-state index in [1.54, 1.807) is 7.11 Å². The Labute approximate surface area is 181 Å². The normalized spacial score (nSPS) is 23.6. The van der Waals surface area contributed by atoms with Gasteiger partial charge in [0.05, 0.1) is 19.3 Å². The van der Waals surface area contributed by atoms with Crippen LogP contribution in [0.25, 0.3) is 0 Å². The van der Waals surface area contributed by atoms with E-state index in [4.69, 9.17) is 14.2 Å². The molecule has 0 unspecified atom stereocenters. The third-order valence-electron chi connectivity index (χ3n) is 6.12. The van der Waals surface area contributed by atoms with E-state index >= 15 is 0 Å². The lowest BCUT2D eigenvalue weighted by Crippen LogP contribution is -2.35. The standard InChI is InChI=1S/C7H14O.C6H13NO.C6H13N.C5H10O/c1-8-7-5-3-2-4-6-7;1-2-7-3-5-8-6-4-7;1-7-5-3-2-4-6-7;1-6-4-5-2-3-5/h7H,2-6H2,1H3;2-6H2,1H3;2-6H2,1H3;5H,2-4H2,1H3. The lowest BCUT2D eigenvalue weighted by molar-refractivity contribution is 0.0405. The van der Waals surface area contributed by atoms with Gasteiger partial charge in [0.2, 0.25) is 0 Å². The minimum absolute atomic E-state index is 0.587. The zero-order chi connectivity index (χ0) is 21.2. The first kappa shape index (κ1) is 26.8. The van der Waals surface area contributed by atoms with Crippen molar-refractivity contribution in [3.8, 4) is 0 Å². The van der Waals surface area contributed by atoms with Crippen molar-refractivity contribution in [3.05, 3.63) is 0 Å². The average Bonchev–Trinajstić information content (AvgIpc) is 3.61. The summed E-state index contributed by atoms with van der Waals surface area (Å²) in [6.45, 7) is 11.1. The van der Waals surface area contributed by atoms with Gasteiger partial charge in [-0.25, -0.2) is 0 Å². The molecule has 2 aliphatic heterocycles. The van der Waals surface area contributed by atoms with Crippen LogP contribution >= 0.6 is 0 Å². The smallest absolute Gasteiger partial charge is 0.0594 e. The second-order valence-electron chi connectivity index (χ2n) is 8.81. The molecule has 2 aliphatic carbocycles. The van der Waals surface area contributed by atoms with Gasteiger partial charge in [-0.1, -0.05) is 32.6 Å². The Morgan fingerprint density at radius 1 is 0.793 bits per heavy atom. The molecule has 5 heteroatoms. The summed E-state index contributed by atoms with van der Waals surface area (Å²) in [5.74, 6) is 0.926. The Hall–Kier alpha value is -0.200. The molecule has 2 saturated heterocycles. The molecular weight excluding hydrogens is 364 g/mol. The van der Waals surface area contributed by atoms with E-state index in [9.17, 15) is 0 Å². The van der Waals surface area contributed by atoms with E-state index < -0.39 is 0 Å². The van der Waals surface area contributed by atoms with Crippen LogP contribution in [0.3, 0.4) is 0 Å². The minimum atomic E-state index is 0.587. The number of hydrogen-bond acceptors (Lipinski definition) is 5. The Balaban J connectivity index is 0.000000194. The van der Waals surface area contributed by atoms with E-state index in [2.05, 4.69) is 23.8 Å². The summed E-state index contributed by atoms with van der Waals surface area (Å²) in [4.78, 5) is 4.78. The molecule has 2 heterocycles. The van der Waals surface area contributed by atoms with E-state index in [-0.39, 0.29) is 0 Å². The Kier molecular flexibility index (Phi) is 17.2. The lowest BCUT2D eigenvalue weighted by atomic mass is 9.98. The summed E-state index contributed by atoms with van der Waals surface area (Å²) in [6.07, 6.45) is 14.4. The third kappa shape index (κ3) is 16.2. The van der Waals surface area contributed by atoms with E-state index in [1.165, 1.54) is 83.8 Å². The van der Waals surface area contributed by atoms with Crippen LogP contribution in [0.4, 0.5) is 0 Å².